The van der Waals surface area contributed by atoms with Crippen molar-refractivity contribution in [3.05, 3.63) is 0 Å². The lowest BCUT2D eigenvalue weighted by atomic mass is 9.97. The Labute approximate surface area is 96.9 Å². The first-order valence-electron chi connectivity index (χ1n) is 5.60. The van der Waals surface area contributed by atoms with E-state index in [9.17, 15) is 9.59 Å². The average Bonchev–Trinajstić information content (AvgIpc) is 2.10. The quantitative estimate of drug-likeness (QED) is 0.578. The highest BCUT2D eigenvalue weighted by Gasteiger charge is 2.23. The van der Waals surface area contributed by atoms with Gasteiger partial charge in [-0.1, -0.05) is 13.3 Å². The Balaban J connectivity index is 4.17. The van der Waals surface area contributed by atoms with Crippen LogP contribution in [0.3, 0.4) is 0 Å². The summed E-state index contributed by atoms with van der Waals surface area (Å²) in [5, 5.41) is 2.79. The second kappa shape index (κ2) is 6.48. The molecule has 0 saturated heterocycles. The van der Waals surface area contributed by atoms with Gasteiger partial charge in [0.15, 0.2) is 0 Å². The zero-order valence-electron chi connectivity index (χ0n) is 10.4. The lowest BCUT2D eigenvalue weighted by molar-refractivity contribution is -0.124. The maximum Gasteiger partial charge on any atom is 0.220 e. The fourth-order valence-electron chi connectivity index (χ4n) is 1.56. The summed E-state index contributed by atoms with van der Waals surface area (Å²) in [6.45, 7) is 6.05. The van der Waals surface area contributed by atoms with E-state index in [0.29, 0.717) is 13.0 Å². The lowest BCUT2D eigenvalue weighted by Gasteiger charge is -2.25. The molecule has 0 rings (SSSR count). The predicted molar refractivity (Wildman–Crippen MR) is 63.5 cm³/mol. The molecule has 0 bridgehead atoms. The minimum atomic E-state index is -0.587. The Bertz CT molecular complexity index is 248. The summed E-state index contributed by atoms with van der Waals surface area (Å²) in [6.07, 6.45) is 1.41. The molecule has 0 aliphatic rings. The number of primary amides is 1. The number of carbonyl (C=O) groups excluding carboxylic acids is 2. The molecule has 5 heteroatoms. The first-order chi connectivity index (χ1) is 7.30. The van der Waals surface area contributed by atoms with E-state index in [1.54, 1.807) is 13.8 Å². The van der Waals surface area contributed by atoms with Crippen LogP contribution < -0.4 is 16.8 Å². The van der Waals surface area contributed by atoms with Crippen LogP contribution >= 0.6 is 0 Å². The van der Waals surface area contributed by atoms with Crippen molar-refractivity contribution in [1.29, 1.82) is 0 Å². The molecule has 16 heavy (non-hydrogen) atoms. The van der Waals surface area contributed by atoms with E-state index in [2.05, 4.69) is 5.32 Å². The first-order valence-corrected chi connectivity index (χ1v) is 5.60. The number of hydrogen-bond acceptors (Lipinski definition) is 3. The Morgan fingerprint density at radius 3 is 2.31 bits per heavy atom. The molecule has 0 aliphatic heterocycles. The van der Waals surface area contributed by atoms with Crippen LogP contribution in [0.15, 0.2) is 0 Å². The maximum absolute atomic E-state index is 11.6. The molecule has 5 nitrogen and oxygen atoms in total. The van der Waals surface area contributed by atoms with Gasteiger partial charge in [0.05, 0.1) is 0 Å². The molecule has 0 spiro atoms. The highest BCUT2D eigenvalue weighted by atomic mass is 16.2. The standard InChI is InChI=1S/C11H23N3O2/c1-4-8(7-12)5-10(16)14-11(2,3)6-9(13)15/h8H,4-7,12H2,1-3H3,(H2,13,15)(H,14,16). The van der Waals surface area contributed by atoms with Crippen molar-refractivity contribution < 1.29 is 9.59 Å². The predicted octanol–water partition coefficient (Wildman–Crippen LogP) is 0.132. The molecule has 1 atom stereocenters. The number of hydrogen-bond donors (Lipinski definition) is 3. The summed E-state index contributed by atoms with van der Waals surface area (Å²) in [6, 6.07) is 0. The van der Waals surface area contributed by atoms with Gasteiger partial charge in [0.2, 0.25) is 11.8 Å². The summed E-state index contributed by atoms with van der Waals surface area (Å²) in [4.78, 5) is 22.4. The molecule has 0 aromatic rings. The third-order valence-electron chi connectivity index (χ3n) is 2.48. The van der Waals surface area contributed by atoms with Crippen LogP contribution in [0.2, 0.25) is 0 Å². The zero-order valence-corrected chi connectivity index (χ0v) is 10.4. The molecule has 94 valence electrons. The molecule has 0 aromatic heterocycles. The second-order valence-electron chi connectivity index (χ2n) is 4.79. The highest BCUT2D eigenvalue weighted by Crippen LogP contribution is 2.11. The Morgan fingerprint density at radius 2 is 1.94 bits per heavy atom. The Morgan fingerprint density at radius 1 is 1.38 bits per heavy atom. The normalized spacial score (nSPS) is 13.2. The zero-order chi connectivity index (χ0) is 12.8. The summed E-state index contributed by atoms with van der Waals surface area (Å²) in [7, 11) is 0. The molecular weight excluding hydrogens is 206 g/mol. The molecule has 0 saturated carbocycles. The van der Waals surface area contributed by atoms with Gasteiger partial charge in [0.25, 0.3) is 0 Å². The van der Waals surface area contributed by atoms with E-state index in [1.807, 2.05) is 6.92 Å². The van der Waals surface area contributed by atoms with Gasteiger partial charge in [0.1, 0.15) is 0 Å². The Hall–Kier alpha value is -1.10. The molecule has 5 N–H and O–H groups in total. The summed E-state index contributed by atoms with van der Waals surface area (Å²) < 4.78 is 0. The lowest BCUT2D eigenvalue weighted by Crippen LogP contribution is -2.46. The average molecular weight is 229 g/mol. The fraction of sp³-hybridized carbons (Fsp3) is 0.818. The number of carbonyl (C=O) groups is 2. The first kappa shape index (κ1) is 14.9. The number of nitrogens with two attached hydrogens (primary N) is 2. The Kier molecular flexibility index (Phi) is 6.03. The van der Waals surface area contributed by atoms with Crippen LogP contribution in [0, 0.1) is 5.92 Å². The molecule has 0 aromatic carbocycles. The molecular formula is C11H23N3O2. The number of rotatable bonds is 7. The number of nitrogens with one attached hydrogen (secondary N) is 1. The van der Waals surface area contributed by atoms with Crippen molar-refractivity contribution in [2.24, 2.45) is 17.4 Å². The van der Waals surface area contributed by atoms with Gasteiger partial charge in [-0.2, -0.15) is 0 Å². The molecule has 0 aliphatic carbocycles. The van der Waals surface area contributed by atoms with E-state index in [1.165, 1.54) is 0 Å². The molecule has 0 radical (unpaired) electrons. The third-order valence-corrected chi connectivity index (χ3v) is 2.48. The van der Waals surface area contributed by atoms with Gasteiger partial charge < -0.3 is 16.8 Å². The third kappa shape index (κ3) is 6.40. The van der Waals surface area contributed by atoms with Crippen molar-refractivity contribution >= 4 is 11.8 Å². The van der Waals surface area contributed by atoms with Crippen LogP contribution in [0.25, 0.3) is 0 Å². The van der Waals surface area contributed by atoms with E-state index in [4.69, 9.17) is 11.5 Å². The smallest absolute Gasteiger partial charge is 0.220 e. The minimum Gasteiger partial charge on any atom is -0.370 e. The van der Waals surface area contributed by atoms with E-state index in [-0.39, 0.29) is 18.2 Å². The van der Waals surface area contributed by atoms with Gasteiger partial charge in [-0.25, -0.2) is 0 Å². The molecule has 0 fully saturated rings. The van der Waals surface area contributed by atoms with Gasteiger partial charge in [-0.05, 0) is 26.3 Å². The number of amides is 2. The maximum atomic E-state index is 11.6. The van der Waals surface area contributed by atoms with Gasteiger partial charge in [-0.15, -0.1) is 0 Å². The van der Waals surface area contributed by atoms with Crippen LogP contribution in [-0.4, -0.2) is 23.9 Å². The van der Waals surface area contributed by atoms with Gasteiger partial charge >= 0.3 is 0 Å². The van der Waals surface area contributed by atoms with Crippen molar-refractivity contribution in [2.45, 2.75) is 45.6 Å². The SMILES string of the molecule is CCC(CN)CC(=O)NC(C)(C)CC(N)=O. The van der Waals surface area contributed by atoms with Gasteiger partial charge in [-0.3, -0.25) is 9.59 Å². The van der Waals surface area contributed by atoms with E-state index >= 15 is 0 Å². The van der Waals surface area contributed by atoms with E-state index < -0.39 is 11.4 Å². The van der Waals surface area contributed by atoms with Crippen LogP contribution in [0.1, 0.15) is 40.0 Å². The molecule has 2 amide bonds. The largest absolute Gasteiger partial charge is 0.370 e. The van der Waals surface area contributed by atoms with Crippen LogP contribution in [0.4, 0.5) is 0 Å². The van der Waals surface area contributed by atoms with Crippen LogP contribution in [0.5, 0.6) is 0 Å². The minimum absolute atomic E-state index is 0.0800. The molecule has 1 unspecified atom stereocenters. The molecule has 0 heterocycles. The summed E-state index contributed by atoms with van der Waals surface area (Å²) in [5.41, 5.74) is 10.0. The second-order valence-corrected chi connectivity index (χ2v) is 4.79. The fourth-order valence-corrected chi connectivity index (χ4v) is 1.56. The summed E-state index contributed by atoms with van der Waals surface area (Å²) in [5.74, 6) is -0.302. The van der Waals surface area contributed by atoms with Crippen molar-refractivity contribution in [1.82, 2.24) is 5.32 Å². The van der Waals surface area contributed by atoms with E-state index in [0.717, 1.165) is 6.42 Å². The monoisotopic (exact) mass is 229 g/mol. The van der Waals surface area contributed by atoms with Gasteiger partial charge in [0, 0.05) is 18.4 Å². The summed E-state index contributed by atoms with van der Waals surface area (Å²) >= 11 is 0. The van der Waals surface area contributed by atoms with Crippen molar-refractivity contribution in [2.75, 3.05) is 6.54 Å². The van der Waals surface area contributed by atoms with Crippen LogP contribution in [-0.2, 0) is 9.59 Å². The van der Waals surface area contributed by atoms with Crippen molar-refractivity contribution in [3.8, 4) is 0 Å². The highest BCUT2D eigenvalue weighted by molar-refractivity contribution is 5.79. The van der Waals surface area contributed by atoms with Crippen molar-refractivity contribution in [3.63, 3.8) is 0 Å². The topological polar surface area (TPSA) is 98.2 Å².